The second kappa shape index (κ2) is 9.94. The first-order valence-corrected chi connectivity index (χ1v) is 12.1. The lowest BCUT2D eigenvalue weighted by Crippen LogP contribution is -2.52. The van der Waals surface area contributed by atoms with Gasteiger partial charge >= 0.3 is 0 Å². The topological polar surface area (TPSA) is 101 Å². The highest BCUT2D eigenvalue weighted by molar-refractivity contribution is 5.73. The third-order valence-corrected chi connectivity index (χ3v) is 7.02. The molecule has 10 heteroatoms. The van der Waals surface area contributed by atoms with Gasteiger partial charge in [-0.2, -0.15) is 5.10 Å². The molecule has 36 heavy (non-hydrogen) atoms. The summed E-state index contributed by atoms with van der Waals surface area (Å²) < 4.78 is 35.5. The first kappa shape index (κ1) is 24.3. The zero-order valence-electron chi connectivity index (χ0n) is 20.0. The van der Waals surface area contributed by atoms with Crippen molar-refractivity contribution < 1.29 is 23.4 Å². The Morgan fingerprint density at radius 3 is 2.67 bits per heavy atom. The van der Waals surface area contributed by atoms with Gasteiger partial charge in [-0.1, -0.05) is 0 Å². The molecule has 0 saturated heterocycles. The van der Waals surface area contributed by atoms with Crippen LogP contribution in [0.3, 0.4) is 0 Å². The van der Waals surface area contributed by atoms with Gasteiger partial charge in [-0.15, -0.1) is 0 Å². The van der Waals surface area contributed by atoms with Gasteiger partial charge in [-0.05, 0) is 61.6 Å². The molecule has 2 aliphatic rings. The highest BCUT2D eigenvalue weighted by Crippen LogP contribution is 2.49. The smallest absolute Gasteiger partial charge is 0.217 e. The van der Waals surface area contributed by atoms with Crippen LogP contribution in [0.2, 0.25) is 0 Å². The van der Waals surface area contributed by atoms with Crippen LogP contribution >= 0.6 is 0 Å². The maximum absolute atomic E-state index is 13.7. The van der Waals surface area contributed by atoms with E-state index >= 15 is 0 Å². The number of aliphatic hydroxyl groups is 1. The monoisotopic (exact) mass is 497 g/mol. The fourth-order valence-corrected chi connectivity index (χ4v) is 5.13. The van der Waals surface area contributed by atoms with Crippen molar-refractivity contribution in [1.82, 2.24) is 25.4 Å². The molecule has 1 spiro atoms. The minimum absolute atomic E-state index is 0.0852. The third-order valence-electron chi connectivity index (χ3n) is 7.02. The zero-order valence-corrected chi connectivity index (χ0v) is 20.0. The normalized spacial score (nSPS) is 19.6. The lowest BCUT2D eigenvalue weighted by atomic mass is 9.73. The molecule has 3 aromatic rings. The number of carbonyl (C=O) groups is 1. The predicted octanol–water partition coefficient (Wildman–Crippen LogP) is 2.99. The van der Waals surface area contributed by atoms with Crippen molar-refractivity contribution in [3.05, 3.63) is 71.8 Å². The van der Waals surface area contributed by atoms with E-state index in [2.05, 4.69) is 20.7 Å². The Morgan fingerprint density at radius 1 is 1.25 bits per heavy atom. The molecule has 8 nitrogen and oxygen atoms in total. The van der Waals surface area contributed by atoms with Crippen LogP contribution in [0, 0.1) is 11.6 Å². The van der Waals surface area contributed by atoms with Gasteiger partial charge in [0.25, 0.3) is 0 Å². The number of aromatic nitrogens is 3. The van der Waals surface area contributed by atoms with Crippen molar-refractivity contribution in [2.24, 2.45) is 0 Å². The number of nitrogens with zero attached hydrogens (tertiary/aromatic N) is 3. The molecule has 0 bridgehead atoms. The Bertz CT molecular complexity index is 1210. The Balaban J connectivity index is 1.34. The Kier molecular flexibility index (Phi) is 6.72. The van der Waals surface area contributed by atoms with E-state index in [0.717, 1.165) is 48.8 Å². The molecule has 1 aliphatic carbocycles. The molecular weight excluding hydrogens is 468 g/mol. The summed E-state index contributed by atoms with van der Waals surface area (Å²) in [5, 5.41) is 21.4. The maximum atomic E-state index is 13.7. The molecule has 3 atom stereocenters. The van der Waals surface area contributed by atoms with Crippen LogP contribution in [0.4, 0.5) is 8.78 Å². The molecule has 0 unspecified atom stereocenters. The van der Waals surface area contributed by atoms with E-state index < -0.39 is 23.8 Å². The van der Waals surface area contributed by atoms with Crippen LogP contribution in [0.25, 0.3) is 5.69 Å². The van der Waals surface area contributed by atoms with E-state index in [1.165, 1.54) is 25.4 Å². The lowest BCUT2D eigenvalue weighted by Gasteiger charge is -2.48. The molecule has 5 rings (SSSR count). The summed E-state index contributed by atoms with van der Waals surface area (Å²) in [5.74, 6) is -0.942. The summed E-state index contributed by atoms with van der Waals surface area (Å²) in [6.45, 7) is 1.51. The molecule has 190 valence electrons. The summed E-state index contributed by atoms with van der Waals surface area (Å²) in [4.78, 5) is 15.8. The quantitative estimate of drug-likeness (QED) is 0.442. The van der Waals surface area contributed by atoms with Gasteiger partial charge in [0.1, 0.15) is 35.6 Å². The van der Waals surface area contributed by atoms with Crippen LogP contribution in [0.1, 0.15) is 49.8 Å². The largest absolute Gasteiger partial charge is 0.487 e. The second-order valence-electron chi connectivity index (χ2n) is 9.72. The van der Waals surface area contributed by atoms with Crippen LogP contribution < -0.4 is 15.4 Å². The summed E-state index contributed by atoms with van der Waals surface area (Å²) in [5.41, 5.74) is 1.93. The fraction of sp³-hybridized carbons (Fsp3) is 0.423. The highest BCUT2D eigenvalue weighted by atomic mass is 19.1. The van der Waals surface area contributed by atoms with Crippen LogP contribution in [0.15, 0.2) is 49.1 Å². The van der Waals surface area contributed by atoms with Crippen LogP contribution in [-0.2, 0) is 11.2 Å². The van der Waals surface area contributed by atoms with Gasteiger partial charge in [0.15, 0.2) is 0 Å². The third kappa shape index (κ3) is 5.24. The summed E-state index contributed by atoms with van der Waals surface area (Å²) >= 11 is 0. The van der Waals surface area contributed by atoms with Crippen molar-refractivity contribution in [2.45, 2.75) is 62.8 Å². The summed E-state index contributed by atoms with van der Waals surface area (Å²) in [7, 11) is 0. The molecule has 1 amide bonds. The predicted molar refractivity (Wildman–Crippen MR) is 128 cm³/mol. The molecule has 2 heterocycles. The van der Waals surface area contributed by atoms with Gasteiger partial charge in [0.2, 0.25) is 5.91 Å². The van der Waals surface area contributed by atoms with Gasteiger partial charge in [-0.3, -0.25) is 4.79 Å². The van der Waals surface area contributed by atoms with E-state index in [1.807, 2.05) is 18.2 Å². The molecule has 2 aromatic carbocycles. The van der Waals surface area contributed by atoms with E-state index in [0.29, 0.717) is 5.56 Å². The van der Waals surface area contributed by atoms with Crippen LogP contribution in [-0.4, -0.2) is 50.1 Å². The number of halogens is 2. The van der Waals surface area contributed by atoms with Crippen molar-refractivity contribution in [3.8, 4) is 11.4 Å². The second-order valence-corrected chi connectivity index (χ2v) is 9.72. The summed E-state index contributed by atoms with van der Waals surface area (Å²) in [6, 6.07) is 8.25. The standard InChI is InChI=1S/C26H29F2N5O3/c1-16(34)32-22(9-17-7-18(27)10-19(28)8-17)24(35)13-30-23-12-26(5-2-6-26)36-25-4-3-20(11-21(23)25)33-15-29-14-31-33/h3-4,7-8,10-11,14-15,22-24,30,35H,2,5-6,9,12-13H2,1H3,(H,32,34)/t22-,23-,24-/m0/s1. The molecule has 1 aromatic heterocycles. The number of rotatable bonds is 8. The Labute approximate surface area is 207 Å². The minimum atomic E-state index is -0.998. The van der Waals surface area contributed by atoms with Gasteiger partial charge in [0, 0.05) is 37.6 Å². The average molecular weight is 498 g/mol. The SMILES string of the molecule is CC(=O)N[C@@H](Cc1cc(F)cc(F)c1)[C@@H](O)CN[C@H]1CC2(CCC2)Oc2ccc(-n3cncn3)cc21. The molecule has 0 radical (unpaired) electrons. The zero-order chi connectivity index (χ0) is 25.3. The number of hydrogen-bond donors (Lipinski definition) is 3. The van der Waals surface area contributed by atoms with E-state index in [9.17, 15) is 18.7 Å². The van der Waals surface area contributed by atoms with Crippen LogP contribution in [0.5, 0.6) is 5.75 Å². The first-order valence-electron chi connectivity index (χ1n) is 12.1. The number of carbonyl (C=O) groups excluding carboxylic acids is 1. The Hall–Kier alpha value is -3.37. The van der Waals surface area contributed by atoms with E-state index in [4.69, 9.17) is 4.74 Å². The molecule has 1 saturated carbocycles. The fourth-order valence-electron chi connectivity index (χ4n) is 5.13. The van der Waals surface area contributed by atoms with Crippen molar-refractivity contribution in [2.75, 3.05) is 6.54 Å². The average Bonchev–Trinajstić information content (AvgIpc) is 3.34. The number of fused-ring (bicyclic) bond motifs is 1. The van der Waals surface area contributed by atoms with Gasteiger partial charge in [-0.25, -0.2) is 18.4 Å². The number of ether oxygens (including phenoxy) is 1. The minimum Gasteiger partial charge on any atom is -0.487 e. The van der Waals surface area contributed by atoms with Crippen molar-refractivity contribution >= 4 is 5.91 Å². The number of nitrogens with one attached hydrogen (secondary N) is 2. The number of aliphatic hydroxyl groups excluding tert-OH is 1. The first-order chi connectivity index (χ1) is 17.3. The van der Waals surface area contributed by atoms with Crippen molar-refractivity contribution in [3.63, 3.8) is 0 Å². The maximum Gasteiger partial charge on any atom is 0.217 e. The number of amides is 1. The lowest BCUT2D eigenvalue weighted by molar-refractivity contribution is -0.120. The van der Waals surface area contributed by atoms with Gasteiger partial charge < -0.3 is 20.5 Å². The summed E-state index contributed by atoms with van der Waals surface area (Å²) in [6.07, 6.45) is 5.97. The van der Waals surface area contributed by atoms with E-state index in [-0.39, 0.29) is 30.5 Å². The molecule has 3 N–H and O–H groups in total. The van der Waals surface area contributed by atoms with E-state index in [1.54, 1.807) is 11.0 Å². The molecule has 1 fully saturated rings. The number of hydrogen-bond acceptors (Lipinski definition) is 6. The Morgan fingerprint density at radius 2 is 2.03 bits per heavy atom. The molecule has 1 aliphatic heterocycles. The highest BCUT2D eigenvalue weighted by Gasteiger charge is 2.45. The van der Waals surface area contributed by atoms with Gasteiger partial charge in [0.05, 0.1) is 17.8 Å². The molecular formula is C26H29F2N5O3. The van der Waals surface area contributed by atoms with Crippen molar-refractivity contribution in [1.29, 1.82) is 0 Å². The number of benzene rings is 2.